The Morgan fingerprint density at radius 2 is 2.25 bits per heavy atom. The number of hydrogen-bond acceptors (Lipinski definition) is 4. The maximum Gasteiger partial charge on any atom is 0.263 e. The van der Waals surface area contributed by atoms with Crippen molar-refractivity contribution in [2.75, 3.05) is 11.9 Å². The Hall–Kier alpha value is -2.94. The van der Waals surface area contributed by atoms with E-state index >= 15 is 0 Å². The number of ether oxygens (including phenoxy) is 1. The number of carbonyl (C=O) groups excluding carboxylic acids is 1. The molecule has 0 aliphatic carbocycles. The molecule has 6 heteroatoms. The zero-order valence-electron chi connectivity index (χ0n) is 10.3. The van der Waals surface area contributed by atoms with Gasteiger partial charge in [0.15, 0.2) is 6.61 Å². The van der Waals surface area contributed by atoms with Gasteiger partial charge in [-0.1, -0.05) is 6.07 Å². The second-order valence-corrected chi connectivity index (χ2v) is 3.81. The summed E-state index contributed by atoms with van der Waals surface area (Å²) in [5.74, 6) is -0.506. The molecule has 0 aliphatic rings. The van der Waals surface area contributed by atoms with E-state index < -0.39 is 11.7 Å². The van der Waals surface area contributed by atoms with E-state index in [2.05, 4.69) is 10.3 Å². The molecule has 0 atom stereocenters. The van der Waals surface area contributed by atoms with Crippen molar-refractivity contribution in [1.29, 1.82) is 5.26 Å². The number of hydrogen-bond donors (Lipinski definition) is 1. The molecule has 0 fully saturated rings. The maximum absolute atomic E-state index is 13.3. The van der Waals surface area contributed by atoms with Crippen LogP contribution in [0.4, 0.5) is 10.2 Å². The number of aromatic nitrogens is 1. The summed E-state index contributed by atoms with van der Waals surface area (Å²) in [6, 6.07) is 10.6. The molecular formula is C14H10FN3O2. The summed E-state index contributed by atoms with van der Waals surface area (Å²) in [4.78, 5) is 15.5. The molecular weight excluding hydrogens is 261 g/mol. The first-order chi connectivity index (χ1) is 9.69. The van der Waals surface area contributed by atoms with Crippen LogP contribution in [0.25, 0.3) is 0 Å². The van der Waals surface area contributed by atoms with Gasteiger partial charge in [-0.2, -0.15) is 5.26 Å². The van der Waals surface area contributed by atoms with Gasteiger partial charge in [-0.3, -0.25) is 4.79 Å². The third-order valence-corrected chi connectivity index (χ3v) is 2.36. The number of rotatable bonds is 4. The highest BCUT2D eigenvalue weighted by Gasteiger charge is 2.07. The molecule has 0 spiro atoms. The van der Waals surface area contributed by atoms with E-state index in [-0.39, 0.29) is 17.9 Å². The second kappa shape index (κ2) is 6.29. The molecule has 0 radical (unpaired) electrons. The molecule has 1 amide bonds. The van der Waals surface area contributed by atoms with Crippen LogP contribution in [0.5, 0.6) is 5.75 Å². The zero-order valence-corrected chi connectivity index (χ0v) is 10.3. The van der Waals surface area contributed by atoms with Crippen LogP contribution in [-0.2, 0) is 4.79 Å². The third-order valence-electron chi connectivity index (χ3n) is 2.36. The Morgan fingerprint density at radius 1 is 1.40 bits per heavy atom. The summed E-state index contributed by atoms with van der Waals surface area (Å²) >= 11 is 0. The topological polar surface area (TPSA) is 75.0 Å². The highest BCUT2D eigenvalue weighted by molar-refractivity contribution is 5.90. The largest absolute Gasteiger partial charge is 0.484 e. The van der Waals surface area contributed by atoms with Crippen molar-refractivity contribution in [1.82, 2.24) is 4.98 Å². The molecule has 0 unspecified atom stereocenters. The monoisotopic (exact) mass is 271 g/mol. The lowest BCUT2D eigenvalue weighted by Crippen LogP contribution is -2.20. The summed E-state index contributed by atoms with van der Waals surface area (Å²) in [5.41, 5.74) is -0.0738. The molecule has 1 aromatic heterocycles. The summed E-state index contributed by atoms with van der Waals surface area (Å²) in [6.07, 6.45) is 1.55. The van der Waals surface area contributed by atoms with Crippen LogP contribution in [0.2, 0.25) is 0 Å². The van der Waals surface area contributed by atoms with Gasteiger partial charge in [-0.15, -0.1) is 0 Å². The number of nitrogens with one attached hydrogen (secondary N) is 1. The van der Waals surface area contributed by atoms with Crippen molar-refractivity contribution >= 4 is 11.7 Å². The van der Waals surface area contributed by atoms with Gasteiger partial charge < -0.3 is 10.1 Å². The molecule has 20 heavy (non-hydrogen) atoms. The second-order valence-electron chi connectivity index (χ2n) is 3.81. The minimum Gasteiger partial charge on any atom is -0.484 e. The van der Waals surface area contributed by atoms with E-state index in [1.807, 2.05) is 0 Å². The highest BCUT2D eigenvalue weighted by Crippen LogP contribution is 2.15. The molecule has 0 saturated heterocycles. The smallest absolute Gasteiger partial charge is 0.263 e. The van der Waals surface area contributed by atoms with Crippen LogP contribution in [0.1, 0.15) is 5.56 Å². The number of halogens is 1. The number of anilines is 1. The third kappa shape index (κ3) is 3.53. The molecule has 1 aromatic carbocycles. The van der Waals surface area contributed by atoms with Crippen LogP contribution in [0, 0.1) is 17.1 Å². The Kier molecular flexibility index (Phi) is 4.24. The lowest BCUT2D eigenvalue weighted by atomic mass is 10.2. The fourth-order valence-electron chi connectivity index (χ4n) is 1.44. The van der Waals surface area contributed by atoms with Gasteiger partial charge in [-0.05, 0) is 24.3 Å². The highest BCUT2D eigenvalue weighted by atomic mass is 19.1. The first-order valence-electron chi connectivity index (χ1n) is 5.72. The summed E-state index contributed by atoms with van der Waals surface area (Å²) in [7, 11) is 0. The van der Waals surface area contributed by atoms with Crippen molar-refractivity contribution in [2.45, 2.75) is 0 Å². The van der Waals surface area contributed by atoms with Crippen LogP contribution in [0.3, 0.4) is 0 Å². The van der Waals surface area contributed by atoms with E-state index in [1.54, 1.807) is 30.5 Å². The Labute approximate surface area is 114 Å². The van der Waals surface area contributed by atoms with Gasteiger partial charge in [0.2, 0.25) is 0 Å². The quantitative estimate of drug-likeness (QED) is 0.924. The molecule has 1 heterocycles. The zero-order chi connectivity index (χ0) is 14.4. The fourth-order valence-corrected chi connectivity index (χ4v) is 1.44. The molecule has 1 N–H and O–H groups in total. The number of carbonyl (C=O) groups is 1. The molecule has 0 aliphatic heterocycles. The minimum absolute atomic E-state index is 0.0738. The lowest BCUT2D eigenvalue weighted by Gasteiger charge is -2.07. The summed E-state index contributed by atoms with van der Waals surface area (Å²) < 4.78 is 18.4. The first-order valence-corrected chi connectivity index (χ1v) is 5.72. The minimum atomic E-state index is -0.685. The standard InChI is InChI=1S/C14H10FN3O2/c15-12-7-11(5-4-10(12)8-16)20-9-14(19)18-13-3-1-2-6-17-13/h1-7H,9H2,(H,17,18,19). The van der Waals surface area contributed by atoms with Crippen molar-refractivity contribution in [3.63, 3.8) is 0 Å². The number of benzene rings is 1. The van der Waals surface area contributed by atoms with Gasteiger partial charge in [0.1, 0.15) is 23.5 Å². The number of pyridine rings is 1. The van der Waals surface area contributed by atoms with Gasteiger partial charge in [0.05, 0.1) is 5.56 Å². The molecule has 2 rings (SSSR count). The number of nitriles is 1. The SMILES string of the molecule is N#Cc1ccc(OCC(=O)Nc2ccccn2)cc1F. The van der Waals surface area contributed by atoms with Crippen molar-refractivity contribution in [3.05, 3.63) is 54.0 Å². The van der Waals surface area contributed by atoms with E-state index in [0.29, 0.717) is 5.82 Å². The predicted molar refractivity (Wildman–Crippen MR) is 69.5 cm³/mol. The fraction of sp³-hybridized carbons (Fsp3) is 0.0714. The molecule has 0 bridgehead atoms. The van der Waals surface area contributed by atoms with Crippen LogP contribution in [-0.4, -0.2) is 17.5 Å². The van der Waals surface area contributed by atoms with E-state index in [1.165, 1.54) is 12.1 Å². The molecule has 100 valence electrons. The summed E-state index contributed by atoms with van der Waals surface area (Å²) in [5, 5.41) is 11.1. The normalized spacial score (nSPS) is 9.60. The summed E-state index contributed by atoms with van der Waals surface area (Å²) in [6.45, 7) is -0.276. The van der Waals surface area contributed by atoms with Gasteiger partial charge in [-0.25, -0.2) is 9.37 Å². The first kappa shape index (κ1) is 13.5. The van der Waals surface area contributed by atoms with E-state index in [4.69, 9.17) is 10.00 Å². The van der Waals surface area contributed by atoms with Crippen molar-refractivity contribution < 1.29 is 13.9 Å². The average molecular weight is 271 g/mol. The van der Waals surface area contributed by atoms with Crippen LogP contribution >= 0.6 is 0 Å². The van der Waals surface area contributed by atoms with Gasteiger partial charge in [0, 0.05) is 12.3 Å². The average Bonchev–Trinajstić information content (AvgIpc) is 2.46. The molecule has 2 aromatic rings. The maximum atomic E-state index is 13.3. The Bertz CT molecular complexity index is 653. The van der Waals surface area contributed by atoms with Gasteiger partial charge >= 0.3 is 0 Å². The molecule has 5 nitrogen and oxygen atoms in total. The van der Waals surface area contributed by atoms with Crippen LogP contribution < -0.4 is 10.1 Å². The lowest BCUT2D eigenvalue weighted by molar-refractivity contribution is -0.118. The van der Waals surface area contributed by atoms with E-state index in [9.17, 15) is 9.18 Å². The van der Waals surface area contributed by atoms with Crippen molar-refractivity contribution in [3.8, 4) is 11.8 Å². The number of amides is 1. The number of nitrogens with zero attached hydrogens (tertiary/aromatic N) is 2. The Morgan fingerprint density at radius 3 is 2.90 bits per heavy atom. The Balaban J connectivity index is 1.91. The van der Waals surface area contributed by atoms with Gasteiger partial charge in [0.25, 0.3) is 5.91 Å². The molecule has 0 saturated carbocycles. The predicted octanol–water partition coefficient (Wildman–Crippen LogP) is 2.11. The van der Waals surface area contributed by atoms with E-state index in [0.717, 1.165) is 6.07 Å². The van der Waals surface area contributed by atoms with Crippen LogP contribution in [0.15, 0.2) is 42.6 Å². The van der Waals surface area contributed by atoms with Crippen molar-refractivity contribution in [2.24, 2.45) is 0 Å².